The van der Waals surface area contributed by atoms with Gasteiger partial charge in [-0.2, -0.15) is 0 Å². The summed E-state index contributed by atoms with van der Waals surface area (Å²) in [5.41, 5.74) is -0.807. The van der Waals surface area contributed by atoms with Crippen LogP contribution in [0.4, 0.5) is 4.79 Å². The van der Waals surface area contributed by atoms with Gasteiger partial charge in [0.1, 0.15) is 24.7 Å². The Morgan fingerprint density at radius 3 is 1.28 bits per heavy atom. The van der Waals surface area contributed by atoms with Crippen LogP contribution < -0.4 is 16.0 Å². The summed E-state index contributed by atoms with van der Waals surface area (Å²) in [5, 5.41) is 24.6. The molecule has 5 N–H and O–H groups in total. The Bertz CT molecular complexity index is 2200. The second-order valence-electron chi connectivity index (χ2n) is 14.7. The van der Waals surface area contributed by atoms with Crippen LogP contribution in [-0.4, -0.2) is 64.0 Å². The number of hydrogen-bond acceptors (Lipinski definition) is 11. The molecule has 18 heteroatoms. The molecule has 5 aromatic rings. The number of benzene rings is 5. The first-order valence-electron chi connectivity index (χ1n) is 20.2. The summed E-state index contributed by atoms with van der Waals surface area (Å²) in [6.07, 6.45) is -1.63. The number of carboxylic acid groups (broad SMARTS) is 2. The van der Waals surface area contributed by atoms with Gasteiger partial charge in [0.05, 0.1) is 6.42 Å². The Kier molecular flexibility index (Phi) is 19.6. The number of aliphatic carboxylic acids is 2. The molecule has 2 unspecified atom stereocenters. The van der Waals surface area contributed by atoms with E-state index in [9.17, 15) is 37.9 Å². The second kappa shape index (κ2) is 25.0. The Balaban J connectivity index is 0.000000286. The van der Waals surface area contributed by atoms with Gasteiger partial charge in [0.2, 0.25) is 17.6 Å². The van der Waals surface area contributed by atoms with E-state index < -0.39 is 88.8 Å². The summed E-state index contributed by atoms with van der Waals surface area (Å²) in [7, 11) is -3.60. The maximum atomic E-state index is 15.0. The summed E-state index contributed by atoms with van der Waals surface area (Å²) in [6, 6.07) is 40.8. The van der Waals surface area contributed by atoms with Crippen LogP contribution in [0, 0.1) is 5.92 Å². The number of nitrogens with one attached hydrogen (secondary N) is 3. The maximum Gasteiger partial charge on any atom is 0.408 e. The van der Waals surface area contributed by atoms with Crippen molar-refractivity contribution < 1.29 is 61.9 Å². The van der Waals surface area contributed by atoms with Gasteiger partial charge in [-0.1, -0.05) is 166 Å². The van der Waals surface area contributed by atoms with E-state index in [0.717, 1.165) is 5.56 Å². The topological polar surface area (TPSA) is 241 Å². The zero-order valence-corrected chi connectivity index (χ0v) is 38.0. The molecular weight excluding hydrogens is 876 g/mol. The Labute approximate surface area is 378 Å². The van der Waals surface area contributed by atoms with E-state index in [1.54, 1.807) is 135 Å². The Hall–Kier alpha value is -6.70. The molecule has 16 nitrogen and oxygen atoms in total. The standard InChI is InChI=1S/C27H24O5P2.C20H27N3O8/c28-25(26(31-33-29,21-13-5-1-6-14-21)22-15-7-2-8-16-22)27(32-34-30,23-17-9-3-10-18-23)24-19-11-4-12-20-24;1-11(2)16(23-20(30)31-10-13-7-5-4-6-8-13)18(27)21-12(3)17(26)22-14(19(28)29)9-15(24)25/h1-20H,33-34H2;4-8,11-12,14,16H,9-10H2,1-3H3,(H,21,27)(H,22,26)(H,23,30)(H,24,25)(H,28,29)/t;12-,14-,16-/m.0/s1. The number of ketones is 1. The molecule has 0 fully saturated rings. The summed E-state index contributed by atoms with van der Waals surface area (Å²) in [6.45, 7) is 4.68. The van der Waals surface area contributed by atoms with E-state index >= 15 is 0 Å². The minimum absolute atomic E-state index is 0.0120. The summed E-state index contributed by atoms with van der Waals surface area (Å²) >= 11 is 0. The van der Waals surface area contributed by atoms with Gasteiger partial charge < -0.3 is 39.9 Å². The number of ether oxygens (including phenoxy) is 1. The SMILES string of the molecule is CC(C)[C@H](NC(=O)OCc1ccccc1)C(=O)N[C@@H](C)C(=O)N[C@@H](CC(=O)O)C(=O)O.O=[PH2]OC(C(=O)C(O[PH2]=O)(c1ccccc1)c1ccccc1)(c1ccccc1)c1ccccc1. The number of carbonyl (C=O) groups is 6. The lowest BCUT2D eigenvalue weighted by Gasteiger charge is -2.40. The van der Waals surface area contributed by atoms with Crippen molar-refractivity contribution in [1.29, 1.82) is 0 Å². The molecule has 65 heavy (non-hydrogen) atoms. The van der Waals surface area contributed by atoms with Crippen molar-refractivity contribution in [3.63, 3.8) is 0 Å². The monoisotopic (exact) mass is 927 g/mol. The van der Waals surface area contributed by atoms with Crippen LogP contribution >= 0.6 is 17.4 Å². The van der Waals surface area contributed by atoms with Crippen LogP contribution in [0.2, 0.25) is 0 Å². The minimum Gasteiger partial charge on any atom is -0.481 e. The first-order chi connectivity index (χ1) is 31.2. The molecule has 0 aromatic heterocycles. The molecule has 0 spiro atoms. The van der Waals surface area contributed by atoms with Crippen LogP contribution in [-0.2, 0) is 64.7 Å². The number of Topliss-reactive ketones (excluding diaryl/α,β-unsaturated/α-hetero) is 1. The number of carboxylic acids is 2. The fraction of sp³-hybridized carbons (Fsp3) is 0.234. The highest BCUT2D eigenvalue weighted by atomic mass is 31.1. The second-order valence-corrected chi connectivity index (χ2v) is 15.6. The fourth-order valence-electron chi connectivity index (χ4n) is 6.79. The smallest absolute Gasteiger partial charge is 0.408 e. The molecule has 0 aliphatic heterocycles. The van der Waals surface area contributed by atoms with E-state index in [-0.39, 0.29) is 12.5 Å². The number of carbonyl (C=O) groups excluding carboxylic acids is 4. The summed E-state index contributed by atoms with van der Waals surface area (Å²) < 4.78 is 41.4. The van der Waals surface area contributed by atoms with Crippen LogP contribution in [0.15, 0.2) is 152 Å². The molecule has 0 saturated carbocycles. The van der Waals surface area contributed by atoms with Crippen molar-refractivity contribution >= 4 is 53.0 Å². The Morgan fingerprint density at radius 2 is 0.938 bits per heavy atom. The molecule has 0 heterocycles. The highest BCUT2D eigenvalue weighted by Gasteiger charge is 2.56. The average Bonchev–Trinajstić information content (AvgIpc) is 3.32. The molecule has 0 aliphatic carbocycles. The van der Waals surface area contributed by atoms with Crippen LogP contribution in [0.1, 0.15) is 55.0 Å². The zero-order chi connectivity index (χ0) is 47.4. The average molecular weight is 928 g/mol. The van der Waals surface area contributed by atoms with Gasteiger partial charge >= 0.3 is 18.0 Å². The predicted octanol–water partition coefficient (Wildman–Crippen LogP) is 6.31. The Morgan fingerprint density at radius 1 is 0.554 bits per heavy atom. The van der Waals surface area contributed by atoms with Crippen molar-refractivity contribution in [3.8, 4) is 0 Å². The minimum atomic E-state index is -1.80. The summed E-state index contributed by atoms with van der Waals surface area (Å²) in [5.74, 6) is -5.37. The van der Waals surface area contributed by atoms with E-state index in [1.807, 2.05) is 30.3 Å². The van der Waals surface area contributed by atoms with E-state index in [2.05, 4.69) is 16.0 Å². The molecule has 0 saturated heterocycles. The maximum absolute atomic E-state index is 15.0. The zero-order valence-electron chi connectivity index (χ0n) is 35.7. The van der Waals surface area contributed by atoms with E-state index in [0.29, 0.717) is 22.3 Å². The van der Waals surface area contributed by atoms with E-state index in [4.69, 9.17) is 24.0 Å². The largest absolute Gasteiger partial charge is 0.481 e. The van der Waals surface area contributed by atoms with Gasteiger partial charge in [0.15, 0.2) is 28.6 Å². The molecule has 0 aliphatic rings. The van der Waals surface area contributed by atoms with Crippen LogP contribution in [0.5, 0.6) is 0 Å². The molecule has 5 aromatic carbocycles. The highest BCUT2D eigenvalue weighted by Crippen LogP contribution is 2.48. The van der Waals surface area contributed by atoms with E-state index in [1.165, 1.54) is 6.92 Å². The van der Waals surface area contributed by atoms with Crippen LogP contribution in [0.3, 0.4) is 0 Å². The van der Waals surface area contributed by atoms with Gasteiger partial charge in [-0.25, -0.2) is 9.59 Å². The molecule has 0 bridgehead atoms. The number of alkyl carbamates (subject to hydrolysis) is 1. The van der Waals surface area contributed by atoms with Gasteiger partial charge in [0, 0.05) is 0 Å². The van der Waals surface area contributed by atoms with Crippen molar-refractivity contribution in [2.45, 2.75) is 63.1 Å². The van der Waals surface area contributed by atoms with Crippen molar-refractivity contribution in [1.82, 2.24) is 16.0 Å². The summed E-state index contributed by atoms with van der Waals surface area (Å²) in [4.78, 5) is 73.5. The molecule has 0 radical (unpaired) electrons. The normalized spacial score (nSPS) is 12.9. The molecule has 342 valence electrons. The molecule has 5 atom stereocenters. The lowest BCUT2D eigenvalue weighted by atomic mass is 9.71. The lowest BCUT2D eigenvalue weighted by molar-refractivity contribution is -0.147. The first-order valence-corrected chi connectivity index (χ1v) is 22.1. The van der Waals surface area contributed by atoms with Crippen molar-refractivity contribution in [2.75, 3.05) is 0 Å². The number of rotatable bonds is 21. The highest BCUT2D eigenvalue weighted by molar-refractivity contribution is 7.17. The third-order valence-electron chi connectivity index (χ3n) is 9.99. The number of amides is 3. The predicted molar refractivity (Wildman–Crippen MR) is 243 cm³/mol. The van der Waals surface area contributed by atoms with Gasteiger partial charge in [0.25, 0.3) is 0 Å². The third-order valence-corrected chi connectivity index (χ3v) is 10.9. The fourth-order valence-corrected chi connectivity index (χ4v) is 7.83. The lowest BCUT2D eigenvalue weighted by Crippen LogP contribution is -2.56. The first kappa shape index (κ1) is 50.9. The molecular formula is C47H51N3O13P2. The molecule has 5 rings (SSSR count). The third kappa shape index (κ3) is 13.4. The quantitative estimate of drug-likeness (QED) is 0.0508. The van der Waals surface area contributed by atoms with Crippen molar-refractivity contribution in [2.24, 2.45) is 5.92 Å². The van der Waals surface area contributed by atoms with Crippen LogP contribution in [0.25, 0.3) is 0 Å². The van der Waals surface area contributed by atoms with Gasteiger partial charge in [-0.3, -0.25) is 28.3 Å². The van der Waals surface area contributed by atoms with Gasteiger partial charge in [-0.05, 0) is 40.7 Å². The van der Waals surface area contributed by atoms with Crippen molar-refractivity contribution in [3.05, 3.63) is 179 Å². The van der Waals surface area contributed by atoms with Gasteiger partial charge in [-0.15, -0.1) is 0 Å². The number of hydrogen-bond donors (Lipinski definition) is 5. The molecule has 3 amide bonds.